The normalized spacial score (nSPS) is 11.7. The highest BCUT2D eigenvalue weighted by atomic mass is 79.9. The second kappa shape index (κ2) is 5.13. The number of aromatic nitrogens is 2. The molecule has 2 rings (SSSR count). The van der Waals surface area contributed by atoms with Crippen molar-refractivity contribution in [3.63, 3.8) is 0 Å². The highest BCUT2D eigenvalue weighted by molar-refractivity contribution is 9.10. The molecular weight excluding hydrogens is 336 g/mol. The number of benzene rings is 1. The van der Waals surface area contributed by atoms with Crippen LogP contribution in [0.3, 0.4) is 0 Å². The van der Waals surface area contributed by atoms with Crippen molar-refractivity contribution in [3.05, 3.63) is 28.2 Å². The smallest absolute Gasteiger partial charge is 0.203 e. The predicted octanol–water partition coefficient (Wildman–Crippen LogP) is 4.46. The van der Waals surface area contributed by atoms with E-state index in [0.29, 0.717) is 16.5 Å². The van der Waals surface area contributed by atoms with Crippen molar-refractivity contribution < 1.29 is 8.78 Å². The maximum absolute atomic E-state index is 13.5. The van der Waals surface area contributed by atoms with E-state index in [2.05, 4.69) is 30.6 Å². The molecule has 0 atom stereocenters. The fourth-order valence-electron chi connectivity index (χ4n) is 1.40. The van der Waals surface area contributed by atoms with Crippen molar-refractivity contribution in [1.82, 2.24) is 9.36 Å². The lowest BCUT2D eigenvalue weighted by atomic mass is 10.1. The summed E-state index contributed by atoms with van der Waals surface area (Å²) < 4.78 is 30.7. The largest absolute Gasteiger partial charge is 0.356 e. The van der Waals surface area contributed by atoms with Gasteiger partial charge in [-0.05, 0) is 48.8 Å². The van der Waals surface area contributed by atoms with E-state index in [1.54, 1.807) is 0 Å². The molecule has 0 saturated carbocycles. The van der Waals surface area contributed by atoms with E-state index >= 15 is 0 Å². The van der Waals surface area contributed by atoms with Crippen molar-refractivity contribution in [3.8, 4) is 11.4 Å². The van der Waals surface area contributed by atoms with Crippen LogP contribution in [0, 0.1) is 11.6 Å². The first kappa shape index (κ1) is 14.3. The fraction of sp³-hybridized carbons (Fsp3) is 0.333. The van der Waals surface area contributed by atoms with Crippen molar-refractivity contribution in [2.75, 3.05) is 5.32 Å². The van der Waals surface area contributed by atoms with Gasteiger partial charge in [-0.1, -0.05) is 0 Å². The molecule has 0 aliphatic heterocycles. The van der Waals surface area contributed by atoms with Crippen LogP contribution in [0.2, 0.25) is 0 Å². The van der Waals surface area contributed by atoms with Crippen LogP contribution < -0.4 is 5.32 Å². The predicted molar refractivity (Wildman–Crippen MR) is 76.3 cm³/mol. The maximum Gasteiger partial charge on any atom is 0.203 e. The van der Waals surface area contributed by atoms with E-state index in [0.717, 1.165) is 6.07 Å². The number of halogens is 3. The van der Waals surface area contributed by atoms with Crippen LogP contribution >= 0.6 is 27.5 Å². The first-order valence-corrected chi connectivity index (χ1v) is 7.10. The molecule has 0 fully saturated rings. The standard InChI is InChI=1S/C12H12BrF2N3S/c1-12(2,3)17-11-16-10(18-19-11)6-4-5-7(14)9(15)8(6)13/h4-5H,1-3H3,(H,16,17,18). The summed E-state index contributed by atoms with van der Waals surface area (Å²) in [7, 11) is 0. The summed E-state index contributed by atoms with van der Waals surface area (Å²) in [4.78, 5) is 4.27. The molecule has 2 aromatic rings. The summed E-state index contributed by atoms with van der Waals surface area (Å²) in [5.74, 6) is -1.47. The average molecular weight is 348 g/mol. The quantitative estimate of drug-likeness (QED) is 0.815. The molecule has 102 valence electrons. The van der Waals surface area contributed by atoms with E-state index in [1.807, 2.05) is 20.8 Å². The van der Waals surface area contributed by atoms with Crippen LogP contribution in [0.25, 0.3) is 11.4 Å². The van der Waals surface area contributed by atoms with Crippen molar-refractivity contribution in [1.29, 1.82) is 0 Å². The van der Waals surface area contributed by atoms with Crippen molar-refractivity contribution in [2.45, 2.75) is 26.3 Å². The Morgan fingerprint density at radius 2 is 1.95 bits per heavy atom. The summed E-state index contributed by atoms with van der Waals surface area (Å²) in [5.41, 5.74) is 0.291. The van der Waals surface area contributed by atoms with Crippen LogP contribution in [-0.2, 0) is 0 Å². The number of hydrogen-bond acceptors (Lipinski definition) is 4. The Morgan fingerprint density at radius 1 is 1.26 bits per heavy atom. The summed E-state index contributed by atoms with van der Waals surface area (Å²) in [6.07, 6.45) is 0. The number of anilines is 1. The lowest BCUT2D eigenvalue weighted by molar-refractivity contribution is 0.504. The minimum absolute atomic E-state index is 0.0348. The highest BCUT2D eigenvalue weighted by Gasteiger charge is 2.18. The van der Waals surface area contributed by atoms with Gasteiger partial charge in [0.25, 0.3) is 0 Å². The van der Waals surface area contributed by atoms with Crippen molar-refractivity contribution >= 4 is 32.6 Å². The number of nitrogens with zero attached hydrogens (tertiary/aromatic N) is 2. The number of rotatable bonds is 2. The monoisotopic (exact) mass is 347 g/mol. The SMILES string of the molecule is CC(C)(C)Nc1nc(-c2ccc(F)c(F)c2Br)ns1. The molecule has 0 aliphatic rings. The molecule has 1 N–H and O–H groups in total. The molecule has 0 aliphatic carbocycles. The van der Waals surface area contributed by atoms with Gasteiger partial charge in [0.05, 0.1) is 4.47 Å². The second-order valence-corrected chi connectivity index (χ2v) is 6.57. The fourth-order valence-corrected chi connectivity index (χ4v) is 2.69. The first-order chi connectivity index (χ1) is 8.78. The van der Waals surface area contributed by atoms with Gasteiger partial charge in [0.15, 0.2) is 17.5 Å². The molecule has 19 heavy (non-hydrogen) atoms. The summed E-state index contributed by atoms with van der Waals surface area (Å²) >= 11 is 4.21. The van der Waals surface area contributed by atoms with Crippen LogP contribution in [-0.4, -0.2) is 14.9 Å². The van der Waals surface area contributed by atoms with Gasteiger partial charge in [0.1, 0.15) is 0 Å². The Kier molecular flexibility index (Phi) is 3.87. The summed E-state index contributed by atoms with van der Waals surface area (Å²) in [6, 6.07) is 2.51. The zero-order valence-corrected chi connectivity index (χ0v) is 13.0. The zero-order valence-electron chi connectivity index (χ0n) is 10.6. The summed E-state index contributed by atoms with van der Waals surface area (Å²) in [6.45, 7) is 6.00. The summed E-state index contributed by atoms with van der Waals surface area (Å²) in [5, 5.41) is 3.82. The molecule has 0 spiro atoms. The van der Waals surface area contributed by atoms with Gasteiger partial charge in [-0.2, -0.15) is 9.36 Å². The molecule has 0 saturated heterocycles. The van der Waals surface area contributed by atoms with Gasteiger partial charge in [-0.15, -0.1) is 0 Å². The first-order valence-electron chi connectivity index (χ1n) is 5.54. The van der Waals surface area contributed by atoms with E-state index in [1.165, 1.54) is 17.6 Å². The van der Waals surface area contributed by atoms with Crippen molar-refractivity contribution in [2.24, 2.45) is 0 Å². The Bertz CT molecular complexity index is 608. The lowest BCUT2D eigenvalue weighted by Crippen LogP contribution is -2.25. The minimum Gasteiger partial charge on any atom is -0.356 e. The molecule has 0 bridgehead atoms. The van der Waals surface area contributed by atoms with Gasteiger partial charge in [0, 0.05) is 22.6 Å². The Hall–Kier alpha value is -1.08. The second-order valence-electron chi connectivity index (χ2n) is 5.02. The molecule has 1 aromatic carbocycles. The van der Waals surface area contributed by atoms with Crippen LogP contribution in [0.15, 0.2) is 16.6 Å². The van der Waals surface area contributed by atoms with Crippen LogP contribution in [0.1, 0.15) is 20.8 Å². The topological polar surface area (TPSA) is 37.8 Å². The molecule has 1 aromatic heterocycles. The van der Waals surface area contributed by atoms with Gasteiger partial charge in [-0.25, -0.2) is 8.78 Å². The van der Waals surface area contributed by atoms with Crippen LogP contribution in [0.4, 0.5) is 13.9 Å². The molecule has 0 amide bonds. The number of nitrogens with one attached hydrogen (secondary N) is 1. The average Bonchev–Trinajstić information content (AvgIpc) is 2.72. The van der Waals surface area contributed by atoms with E-state index in [-0.39, 0.29) is 10.0 Å². The Morgan fingerprint density at radius 3 is 2.58 bits per heavy atom. The lowest BCUT2D eigenvalue weighted by Gasteiger charge is -2.18. The Labute approximate surface area is 122 Å². The van der Waals surface area contributed by atoms with Gasteiger partial charge in [-0.3, -0.25) is 0 Å². The Balaban J connectivity index is 2.36. The molecule has 3 nitrogen and oxygen atoms in total. The third-order valence-corrected chi connectivity index (χ3v) is 3.59. The minimum atomic E-state index is -0.933. The van der Waals surface area contributed by atoms with Gasteiger partial charge in [0.2, 0.25) is 5.13 Å². The van der Waals surface area contributed by atoms with Gasteiger partial charge < -0.3 is 5.32 Å². The zero-order chi connectivity index (χ0) is 14.2. The van der Waals surface area contributed by atoms with Crippen LogP contribution in [0.5, 0.6) is 0 Å². The molecular formula is C12H12BrF2N3S. The van der Waals surface area contributed by atoms with Gasteiger partial charge >= 0.3 is 0 Å². The third kappa shape index (κ3) is 3.27. The molecule has 1 heterocycles. The van der Waals surface area contributed by atoms with E-state index < -0.39 is 11.6 Å². The molecule has 0 radical (unpaired) electrons. The molecule has 0 unspecified atom stereocenters. The van der Waals surface area contributed by atoms with E-state index in [9.17, 15) is 8.78 Å². The highest BCUT2D eigenvalue weighted by Crippen LogP contribution is 2.32. The number of hydrogen-bond donors (Lipinski definition) is 1. The third-order valence-electron chi connectivity index (χ3n) is 2.18. The maximum atomic E-state index is 13.5. The molecule has 7 heteroatoms. The van der Waals surface area contributed by atoms with E-state index in [4.69, 9.17) is 0 Å².